The first-order valence-corrected chi connectivity index (χ1v) is 7.53. The van der Waals surface area contributed by atoms with Gasteiger partial charge in [-0.3, -0.25) is 10.2 Å². The normalized spacial score (nSPS) is 10.2. The second kappa shape index (κ2) is 7.61. The molecule has 0 fully saturated rings. The van der Waals surface area contributed by atoms with Crippen LogP contribution in [0.2, 0.25) is 0 Å². The number of benzene rings is 2. The van der Waals surface area contributed by atoms with E-state index in [0.717, 1.165) is 16.7 Å². The van der Waals surface area contributed by atoms with E-state index in [1.54, 1.807) is 24.3 Å². The molecular weight excluding hydrogens is 306 g/mol. The zero-order valence-electron chi connectivity index (χ0n) is 14.0. The highest BCUT2D eigenvalue weighted by molar-refractivity contribution is 5.94. The van der Waals surface area contributed by atoms with Crippen LogP contribution < -0.4 is 21.3 Å². The van der Waals surface area contributed by atoms with Crippen LogP contribution in [0.1, 0.15) is 34.0 Å². The highest BCUT2D eigenvalue weighted by atomic mass is 16.5. The van der Waals surface area contributed by atoms with Crippen LogP contribution in [-0.4, -0.2) is 11.8 Å². The fourth-order valence-electron chi connectivity index (χ4n) is 2.35. The Bertz CT molecular complexity index is 772. The van der Waals surface area contributed by atoms with Gasteiger partial charge in [0, 0.05) is 16.8 Å². The molecule has 0 aliphatic heterocycles. The molecule has 0 saturated carbocycles. The molecule has 2 aromatic carbocycles. The Hall–Kier alpha value is -2.86. The molecule has 2 aromatic rings. The second-order valence-corrected chi connectivity index (χ2v) is 5.52. The van der Waals surface area contributed by atoms with Gasteiger partial charge in [-0.2, -0.15) is 0 Å². The van der Waals surface area contributed by atoms with Crippen molar-refractivity contribution in [1.29, 1.82) is 0 Å². The van der Waals surface area contributed by atoms with Crippen molar-refractivity contribution >= 4 is 17.5 Å². The summed E-state index contributed by atoms with van der Waals surface area (Å²) >= 11 is 0. The minimum Gasteiger partial charge on any atom is -0.489 e. The van der Waals surface area contributed by atoms with Gasteiger partial charge >= 0.3 is 6.03 Å². The van der Waals surface area contributed by atoms with Gasteiger partial charge in [0.05, 0.1) is 0 Å². The van der Waals surface area contributed by atoms with Gasteiger partial charge < -0.3 is 10.1 Å². The van der Waals surface area contributed by atoms with Crippen molar-refractivity contribution in [2.45, 2.75) is 27.4 Å². The van der Waals surface area contributed by atoms with Crippen LogP contribution in [0, 0.1) is 13.8 Å². The molecule has 0 bridgehead atoms. The molecule has 4 N–H and O–H groups in total. The zero-order chi connectivity index (χ0) is 17.7. The molecule has 0 heterocycles. The van der Waals surface area contributed by atoms with Crippen molar-refractivity contribution in [3.8, 4) is 5.75 Å². The molecule has 24 heavy (non-hydrogen) atoms. The van der Waals surface area contributed by atoms with Crippen molar-refractivity contribution < 1.29 is 14.3 Å². The van der Waals surface area contributed by atoms with Crippen LogP contribution in [0.3, 0.4) is 0 Å². The first-order chi connectivity index (χ1) is 11.4. The van der Waals surface area contributed by atoms with E-state index in [-0.39, 0.29) is 12.4 Å². The van der Waals surface area contributed by atoms with Gasteiger partial charge in [0.2, 0.25) is 0 Å². The van der Waals surface area contributed by atoms with E-state index in [1.807, 2.05) is 31.4 Å². The Labute approximate surface area is 141 Å². The van der Waals surface area contributed by atoms with Crippen LogP contribution in [0.15, 0.2) is 36.4 Å². The minimum atomic E-state index is -0.496. The first-order valence-electron chi connectivity index (χ1n) is 7.53. The summed E-state index contributed by atoms with van der Waals surface area (Å²) in [4.78, 5) is 22.9. The van der Waals surface area contributed by atoms with Crippen LogP contribution in [0.4, 0.5) is 10.5 Å². The molecule has 0 spiro atoms. The van der Waals surface area contributed by atoms with Crippen molar-refractivity contribution in [3.63, 3.8) is 0 Å². The van der Waals surface area contributed by atoms with Gasteiger partial charge in [0.1, 0.15) is 12.4 Å². The molecule has 6 heteroatoms. The summed E-state index contributed by atoms with van der Waals surface area (Å²) in [5.41, 5.74) is 6.05. The molecule has 0 aliphatic rings. The molecule has 2 amide bonds. The first kappa shape index (κ1) is 17.5. The molecular formula is C18H21N3O3. The minimum absolute atomic E-state index is 0.0165. The number of ketones is 1. The monoisotopic (exact) mass is 327 g/mol. The molecule has 0 radical (unpaired) electrons. The van der Waals surface area contributed by atoms with Crippen LogP contribution in [-0.2, 0) is 6.61 Å². The third-order valence-corrected chi connectivity index (χ3v) is 3.74. The van der Waals surface area contributed by atoms with E-state index in [1.165, 1.54) is 6.92 Å². The van der Waals surface area contributed by atoms with Crippen LogP contribution >= 0.6 is 0 Å². The number of carbonyl (C=O) groups is 2. The van der Waals surface area contributed by atoms with Gasteiger partial charge in [0.25, 0.3) is 0 Å². The van der Waals surface area contributed by atoms with Gasteiger partial charge in [-0.15, -0.1) is 0 Å². The maximum Gasteiger partial charge on any atom is 0.333 e. The number of ether oxygens (including phenoxy) is 1. The summed E-state index contributed by atoms with van der Waals surface area (Å²) in [6.07, 6.45) is 0. The molecule has 0 saturated heterocycles. The van der Waals surface area contributed by atoms with E-state index in [9.17, 15) is 9.59 Å². The fraction of sp³-hybridized carbons (Fsp3) is 0.222. The summed E-state index contributed by atoms with van der Waals surface area (Å²) < 4.78 is 5.88. The number of carbonyl (C=O) groups excluding carboxylic acids is 2. The quantitative estimate of drug-likeness (QED) is 0.340. The topological polar surface area (TPSA) is 93.4 Å². The van der Waals surface area contributed by atoms with Crippen molar-refractivity contribution in [2.75, 3.05) is 5.32 Å². The zero-order valence-corrected chi connectivity index (χ0v) is 14.0. The third-order valence-electron chi connectivity index (χ3n) is 3.74. The lowest BCUT2D eigenvalue weighted by atomic mass is 10.1. The highest BCUT2D eigenvalue weighted by Crippen LogP contribution is 2.25. The lowest BCUT2D eigenvalue weighted by Gasteiger charge is -2.15. The number of rotatable bonds is 5. The number of hydrogen-bond acceptors (Lipinski definition) is 4. The van der Waals surface area contributed by atoms with Crippen molar-refractivity contribution in [3.05, 3.63) is 58.7 Å². The largest absolute Gasteiger partial charge is 0.489 e. The van der Waals surface area contributed by atoms with Gasteiger partial charge in [-0.25, -0.2) is 10.6 Å². The molecule has 126 valence electrons. The summed E-state index contributed by atoms with van der Waals surface area (Å²) in [7, 11) is 0. The Morgan fingerprint density at radius 3 is 2.50 bits per heavy atom. The number of aryl methyl sites for hydroxylation is 2. The SMILES string of the molecule is CC(=O)c1ccc(OCc2c(C)cccc2NC(=O)NN)c(C)c1. The predicted octanol–water partition coefficient (Wildman–Crippen LogP) is 3.08. The number of nitrogens with one attached hydrogen (secondary N) is 2. The van der Waals surface area contributed by atoms with Gasteiger partial charge in [0.15, 0.2) is 5.78 Å². The Balaban J connectivity index is 2.20. The maximum absolute atomic E-state index is 11.5. The summed E-state index contributed by atoms with van der Waals surface area (Å²) in [5, 5.41) is 2.68. The predicted molar refractivity (Wildman–Crippen MR) is 93.0 cm³/mol. The maximum atomic E-state index is 11.5. The Morgan fingerprint density at radius 1 is 1.12 bits per heavy atom. The number of amides is 2. The average Bonchev–Trinajstić information content (AvgIpc) is 2.55. The lowest BCUT2D eigenvalue weighted by Crippen LogP contribution is -2.34. The van der Waals surface area contributed by atoms with Gasteiger partial charge in [-0.1, -0.05) is 12.1 Å². The number of hydrazine groups is 1. The molecule has 2 rings (SSSR count). The fourth-order valence-corrected chi connectivity index (χ4v) is 2.35. The molecule has 0 atom stereocenters. The highest BCUT2D eigenvalue weighted by Gasteiger charge is 2.10. The smallest absolute Gasteiger partial charge is 0.333 e. The number of hydrogen-bond donors (Lipinski definition) is 3. The van der Waals surface area contributed by atoms with E-state index in [0.29, 0.717) is 17.0 Å². The lowest BCUT2D eigenvalue weighted by molar-refractivity contribution is 0.101. The Morgan fingerprint density at radius 2 is 1.88 bits per heavy atom. The molecule has 0 unspecified atom stereocenters. The standard InChI is InChI=1S/C18H21N3O3/c1-11-5-4-6-16(20-18(23)21-19)15(11)10-24-17-8-7-14(13(3)22)9-12(17)2/h4-9H,10,19H2,1-3H3,(H2,20,21,23). The van der Waals surface area contributed by atoms with Crippen LogP contribution in [0.25, 0.3) is 0 Å². The van der Waals surface area contributed by atoms with E-state index in [4.69, 9.17) is 10.6 Å². The average molecular weight is 327 g/mol. The molecule has 6 nitrogen and oxygen atoms in total. The van der Waals surface area contributed by atoms with Gasteiger partial charge in [-0.05, 0) is 56.2 Å². The molecule has 0 aromatic heterocycles. The number of Topliss-reactive ketones (excluding diaryl/α,β-unsaturated/α-hetero) is 1. The van der Waals surface area contributed by atoms with Crippen molar-refractivity contribution in [1.82, 2.24) is 5.43 Å². The Kier molecular flexibility index (Phi) is 5.55. The number of anilines is 1. The third kappa shape index (κ3) is 4.11. The number of nitrogens with two attached hydrogens (primary N) is 1. The number of urea groups is 1. The molecule has 0 aliphatic carbocycles. The van der Waals surface area contributed by atoms with E-state index in [2.05, 4.69) is 5.32 Å². The van der Waals surface area contributed by atoms with E-state index >= 15 is 0 Å². The summed E-state index contributed by atoms with van der Waals surface area (Å²) in [6.45, 7) is 5.65. The van der Waals surface area contributed by atoms with E-state index < -0.39 is 6.03 Å². The van der Waals surface area contributed by atoms with Crippen molar-refractivity contribution in [2.24, 2.45) is 5.84 Å². The summed E-state index contributed by atoms with van der Waals surface area (Å²) in [5.74, 6) is 5.82. The van der Waals surface area contributed by atoms with Crippen LogP contribution in [0.5, 0.6) is 5.75 Å². The second-order valence-electron chi connectivity index (χ2n) is 5.52. The summed E-state index contributed by atoms with van der Waals surface area (Å²) in [6, 6.07) is 10.4.